The fourth-order valence-corrected chi connectivity index (χ4v) is 3.22. The minimum atomic E-state index is -0.169. The average molecular weight is 446 g/mol. The summed E-state index contributed by atoms with van der Waals surface area (Å²) in [7, 11) is 0. The Hall–Kier alpha value is -3.80. The zero-order valence-corrected chi connectivity index (χ0v) is 19.0. The van der Waals surface area contributed by atoms with Gasteiger partial charge in [0.1, 0.15) is 5.75 Å². The van der Waals surface area contributed by atoms with E-state index >= 15 is 0 Å². The number of unbranched alkanes of at least 4 members (excludes halogenated alkanes) is 1. The number of ether oxygens (including phenoxy) is 1. The Morgan fingerprint density at radius 3 is 2.27 bits per heavy atom. The monoisotopic (exact) mass is 445 g/mol. The number of hydrogen-bond donors (Lipinski definition) is 3. The summed E-state index contributed by atoms with van der Waals surface area (Å²) in [6, 6.07) is 24.6. The van der Waals surface area contributed by atoms with Crippen molar-refractivity contribution in [2.24, 2.45) is 0 Å². The highest BCUT2D eigenvalue weighted by Crippen LogP contribution is 2.18. The molecule has 0 spiro atoms. The van der Waals surface area contributed by atoms with Crippen LogP contribution in [0.15, 0.2) is 78.9 Å². The van der Waals surface area contributed by atoms with E-state index in [9.17, 15) is 9.59 Å². The molecule has 3 rings (SSSR count). The van der Waals surface area contributed by atoms with Gasteiger partial charge in [-0.25, -0.2) is 0 Å². The standard InChI is InChI=1S/C27H31N3O3/c1-2-3-17-33-25-14-8-13-24(19-25)30-27(32)20-28-22-11-7-12-23(18-22)29-26(31)16-15-21-9-5-4-6-10-21/h4-14,18-19,28H,2-3,15-17,20H2,1H3,(H,29,31)(H,30,32). The maximum atomic E-state index is 12.4. The SMILES string of the molecule is CCCCOc1cccc(NC(=O)CNc2cccc(NC(=O)CCc3ccccc3)c2)c1. The first-order chi connectivity index (χ1) is 16.1. The Morgan fingerprint density at radius 2 is 1.48 bits per heavy atom. The molecule has 0 fully saturated rings. The number of carbonyl (C=O) groups excluding carboxylic acids is 2. The molecule has 3 aromatic carbocycles. The molecule has 0 saturated carbocycles. The Balaban J connectivity index is 1.44. The van der Waals surface area contributed by atoms with Gasteiger partial charge in [0.15, 0.2) is 0 Å². The molecular weight excluding hydrogens is 414 g/mol. The van der Waals surface area contributed by atoms with E-state index in [-0.39, 0.29) is 18.4 Å². The second-order valence-electron chi connectivity index (χ2n) is 7.75. The van der Waals surface area contributed by atoms with Crippen LogP contribution in [0.25, 0.3) is 0 Å². The summed E-state index contributed by atoms with van der Waals surface area (Å²) in [6.07, 6.45) is 3.16. The summed E-state index contributed by atoms with van der Waals surface area (Å²) in [4.78, 5) is 24.6. The Labute approximate surface area is 195 Å². The summed E-state index contributed by atoms with van der Waals surface area (Å²) in [6.45, 7) is 2.88. The van der Waals surface area contributed by atoms with Gasteiger partial charge in [0.2, 0.25) is 11.8 Å². The van der Waals surface area contributed by atoms with Crippen LogP contribution in [-0.2, 0) is 16.0 Å². The lowest BCUT2D eigenvalue weighted by molar-refractivity contribution is -0.116. The van der Waals surface area contributed by atoms with Crippen LogP contribution in [0.1, 0.15) is 31.7 Å². The Morgan fingerprint density at radius 1 is 0.788 bits per heavy atom. The topological polar surface area (TPSA) is 79.5 Å². The smallest absolute Gasteiger partial charge is 0.243 e. The van der Waals surface area contributed by atoms with Crippen molar-refractivity contribution in [2.45, 2.75) is 32.6 Å². The van der Waals surface area contributed by atoms with E-state index in [0.717, 1.165) is 29.8 Å². The highest BCUT2D eigenvalue weighted by atomic mass is 16.5. The second kappa shape index (κ2) is 12.9. The summed E-state index contributed by atoms with van der Waals surface area (Å²) >= 11 is 0. The quantitative estimate of drug-likeness (QED) is 0.322. The summed E-state index contributed by atoms with van der Waals surface area (Å²) in [5.74, 6) is 0.526. The first-order valence-electron chi connectivity index (χ1n) is 11.3. The lowest BCUT2D eigenvalue weighted by Crippen LogP contribution is -2.21. The minimum absolute atomic E-state index is 0.0465. The van der Waals surface area contributed by atoms with Gasteiger partial charge in [-0.1, -0.05) is 55.8 Å². The molecule has 0 aliphatic heterocycles. The molecule has 0 atom stereocenters. The van der Waals surface area contributed by atoms with Crippen LogP contribution in [-0.4, -0.2) is 25.0 Å². The molecule has 0 saturated heterocycles. The molecule has 0 aromatic heterocycles. The average Bonchev–Trinajstić information content (AvgIpc) is 2.83. The van der Waals surface area contributed by atoms with Gasteiger partial charge in [0.25, 0.3) is 0 Å². The fourth-order valence-electron chi connectivity index (χ4n) is 3.22. The van der Waals surface area contributed by atoms with Gasteiger partial charge in [-0.3, -0.25) is 9.59 Å². The first kappa shape index (κ1) is 23.9. The van der Waals surface area contributed by atoms with E-state index in [0.29, 0.717) is 30.8 Å². The molecule has 0 aliphatic rings. The minimum Gasteiger partial charge on any atom is -0.494 e. The van der Waals surface area contributed by atoms with Gasteiger partial charge >= 0.3 is 0 Å². The van der Waals surface area contributed by atoms with Gasteiger partial charge in [-0.15, -0.1) is 0 Å². The number of carbonyl (C=O) groups is 2. The highest BCUT2D eigenvalue weighted by Gasteiger charge is 2.06. The number of hydrogen-bond acceptors (Lipinski definition) is 4. The number of amides is 2. The van der Waals surface area contributed by atoms with Crippen LogP contribution < -0.4 is 20.7 Å². The van der Waals surface area contributed by atoms with Crippen molar-refractivity contribution in [3.8, 4) is 5.75 Å². The van der Waals surface area contributed by atoms with Crippen molar-refractivity contribution in [1.82, 2.24) is 0 Å². The maximum Gasteiger partial charge on any atom is 0.243 e. The van der Waals surface area contributed by atoms with Crippen LogP contribution in [0.5, 0.6) is 5.75 Å². The van der Waals surface area contributed by atoms with Crippen molar-refractivity contribution in [1.29, 1.82) is 0 Å². The van der Waals surface area contributed by atoms with Gasteiger partial charge in [0, 0.05) is 29.5 Å². The van der Waals surface area contributed by atoms with Crippen LogP contribution in [0.2, 0.25) is 0 Å². The zero-order chi connectivity index (χ0) is 23.3. The molecule has 0 aliphatic carbocycles. The van der Waals surface area contributed by atoms with Crippen molar-refractivity contribution in [2.75, 3.05) is 29.1 Å². The van der Waals surface area contributed by atoms with E-state index in [4.69, 9.17) is 4.74 Å². The largest absolute Gasteiger partial charge is 0.494 e. The van der Waals surface area contributed by atoms with E-state index < -0.39 is 0 Å². The summed E-state index contributed by atoms with van der Waals surface area (Å²) in [5.41, 5.74) is 3.26. The van der Waals surface area contributed by atoms with Gasteiger partial charge in [0.05, 0.1) is 13.2 Å². The molecule has 3 N–H and O–H groups in total. The Bertz CT molecular complexity index is 1040. The molecule has 3 aromatic rings. The predicted octanol–water partition coefficient (Wildman–Crippen LogP) is 5.49. The lowest BCUT2D eigenvalue weighted by atomic mass is 10.1. The number of rotatable bonds is 12. The Kier molecular flexibility index (Phi) is 9.33. The number of anilines is 3. The molecule has 0 bridgehead atoms. The van der Waals surface area contributed by atoms with Crippen molar-refractivity contribution in [3.63, 3.8) is 0 Å². The number of benzene rings is 3. The van der Waals surface area contributed by atoms with E-state index in [1.165, 1.54) is 0 Å². The molecule has 172 valence electrons. The van der Waals surface area contributed by atoms with Crippen molar-refractivity contribution < 1.29 is 14.3 Å². The van der Waals surface area contributed by atoms with Crippen LogP contribution in [0.4, 0.5) is 17.1 Å². The first-order valence-corrected chi connectivity index (χ1v) is 11.3. The third kappa shape index (κ3) is 8.69. The molecule has 6 nitrogen and oxygen atoms in total. The lowest BCUT2D eigenvalue weighted by Gasteiger charge is -2.11. The normalized spacial score (nSPS) is 10.3. The van der Waals surface area contributed by atoms with Crippen molar-refractivity contribution in [3.05, 3.63) is 84.4 Å². The van der Waals surface area contributed by atoms with Crippen LogP contribution >= 0.6 is 0 Å². The molecule has 33 heavy (non-hydrogen) atoms. The van der Waals surface area contributed by atoms with Gasteiger partial charge in [-0.2, -0.15) is 0 Å². The summed E-state index contributed by atoms with van der Waals surface area (Å²) in [5, 5.41) is 8.88. The highest BCUT2D eigenvalue weighted by molar-refractivity contribution is 5.94. The number of aryl methyl sites for hydroxylation is 1. The van der Waals surface area contributed by atoms with Crippen LogP contribution in [0, 0.1) is 0 Å². The summed E-state index contributed by atoms with van der Waals surface area (Å²) < 4.78 is 5.68. The van der Waals surface area contributed by atoms with Crippen LogP contribution in [0.3, 0.4) is 0 Å². The molecule has 0 heterocycles. The van der Waals surface area contributed by atoms with E-state index in [1.807, 2.05) is 78.9 Å². The zero-order valence-electron chi connectivity index (χ0n) is 19.0. The molecule has 2 amide bonds. The molecule has 0 unspecified atom stereocenters. The van der Waals surface area contributed by atoms with Gasteiger partial charge in [-0.05, 0) is 48.7 Å². The van der Waals surface area contributed by atoms with E-state index in [1.54, 1.807) is 0 Å². The third-order valence-electron chi connectivity index (χ3n) is 4.97. The maximum absolute atomic E-state index is 12.4. The third-order valence-corrected chi connectivity index (χ3v) is 4.97. The predicted molar refractivity (Wildman–Crippen MR) is 134 cm³/mol. The fraction of sp³-hybridized carbons (Fsp3) is 0.259. The van der Waals surface area contributed by atoms with Gasteiger partial charge < -0.3 is 20.7 Å². The molecular formula is C27H31N3O3. The van der Waals surface area contributed by atoms with Crippen molar-refractivity contribution >= 4 is 28.9 Å². The molecule has 6 heteroatoms. The number of nitrogens with one attached hydrogen (secondary N) is 3. The molecule has 0 radical (unpaired) electrons. The second-order valence-corrected chi connectivity index (χ2v) is 7.75. The van der Waals surface area contributed by atoms with E-state index in [2.05, 4.69) is 22.9 Å².